The largest absolute Gasteiger partial charge is 0.385 e. The third-order valence-corrected chi connectivity index (χ3v) is 3.78. The van der Waals surface area contributed by atoms with Crippen LogP contribution in [-0.2, 0) is 0 Å². The van der Waals surface area contributed by atoms with E-state index < -0.39 is 0 Å². The number of carbonyl (C=O) groups is 1. The lowest BCUT2D eigenvalue weighted by Crippen LogP contribution is -2.13. The molecule has 0 spiro atoms. The highest BCUT2D eigenvalue weighted by molar-refractivity contribution is 6.31. The molecule has 2 aromatic carbocycles. The molecule has 0 heterocycles. The van der Waals surface area contributed by atoms with Crippen LogP contribution in [0.5, 0.6) is 0 Å². The zero-order chi connectivity index (χ0) is 15.4. The standard InChI is InChI=1S/C17H19ClN2O/c1-4-19-15-9-8-13(10-11(15)2)17(21)20-16-7-5-6-14(18)12(16)3/h5-10,19H,4H2,1-3H3,(H,20,21). The molecule has 0 atom stereocenters. The highest BCUT2D eigenvalue weighted by Gasteiger charge is 2.10. The maximum Gasteiger partial charge on any atom is 0.255 e. The molecule has 0 bridgehead atoms. The van der Waals surface area contributed by atoms with Crippen LogP contribution in [0.25, 0.3) is 0 Å². The predicted octanol–water partition coefficient (Wildman–Crippen LogP) is 4.64. The molecule has 0 aliphatic rings. The smallest absolute Gasteiger partial charge is 0.255 e. The Labute approximate surface area is 130 Å². The Morgan fingerprint density at radius 1 is 1.14 bits per heavy atom. The van der Waals surface area contributed by atoms with Crippen LogP contribution in [-0.4, -0.2) is 12.5 Å². The first-order valence-electron chi connectivity index (χ1n) is 6.94. The van der Waals surface area contributed by atoms with Crippen molar-refractivity contribution in [2.45, 2.75) is 20.8 Å². The van der Waals surface area contributed by atoms with Gasteiger partial charge in [0.15, 0.2) is 0 Å². The summed E-state index contributed by atoms with van der Waals surface area (Å²) in [6, 6.07) is 11.1. The van der Waals surface area contributed by atoms with Gasteiger partial charge in [-0.15, -0.1) is 0 Å². The number of benzene rings is 2. The van der Waals surface area contributed by atoms with Crippen molar-refractivity contribution in [3.05, 3.63) is 58.1 Å². The maximum atomic E-state index is 12.3. The minimum Gasteiger partial charge on any atom is -0.385 e. The van der Waals surface area contributed by atoms with Gasteiger partial charge in [-0.1, -0.05) is 17.7 Å². The minimum absolute atomic E-state index is 0.133. The first-order valence-corrected chi connectivity index (χ1v) is 7.31. The molecule has 0 saturated carbocycles. The molecule has 0 unspecified atom stereocenters. The fourth-order valence-electron chi connectivity index (χ4n) is 2.13. The van der Waals surface area contributed by atoms with Gasteiger partial charge in [-0.05, 0) is 62.2 Å². The zero-order valence-electron chi connectivity index (χ0n) is 12.5. The molecular formula is C17H19ClN2O. The molecule has 110 valence electrons. The van der Waals surface area contributed by atoms with Crippen molar-refractivity contribution in [3.63, 3.8) is 0 Å². The summed E-state index contributed by atoms with van der Waals surface area (Å²) in [5.74, 6) is -0.133. The second-order valence-electron chi connectivity index (χ2n) is 4.93. The monoisotopic (exact) mass is 302 g/mol. The van der Waals surface area contributed by atoms with Gasteiger partial charge < -0.3 is 10.6 Å². The van der Waals surface area contributed by atoms with Gasteiger partial charge in [-0.3, -0.25) is 4.79 Å². The van der Waals surface area contributed by atoms with Crippen molar-refractivity contribution in [2.75, 3.05) is 17.2 Å². The number of amides is 1. The van der Waals surface area contributed by atoms with Gasteiger partial charge >= 0.3 is 0 Å². The SMILES string of the molecule is CCNc1ccc(C(=O)Nc2cccc(Cl)c2C)cc1C. The Balaban J connectivity index is 2.21. The molecule has 0 radical (unpaired) electrons. The Bertz CT molecular complexity index is 668. The van der Waals surface area contributed by atoms with Crippen LogP contribution in [0.2, 0.25) is 5.02 Å². The van der Waals surface area contributed by atoms with Gasteiger partial charge in [0.2, 0.25) is 0 Å². The van der Waals surface area contributed by atoms with E-state index in [1.165, 1.54) is 0 Å². The predicted molar refractivity (Wildman–Crippen MR) is 89.5 cm³/mol. The first kappa shape index (κ1) is 15.4. The molecule has 0 fully saturated rings. The van der Waals surface area contributed by atoms with Crippen LogP contribution in [0.4, 0.5) is 11.4 Å². The average Bonchev–Trinajstić information content (AvgIpc) is 2.46. The maximum absolute atomic E-state index is 12.3. The summed E-state index contributed by atoms with van der Waals surface area (Å²) in [4.78, 5) is 12.3. The zero-order valence-corrected chi connectivity index (χ0v) is 13.2. The fourth-order valence-corrected chi connectivity index (χ4v) is 2.31. The quantitative estimate of drug-likeness (QED) is 0.863. The van der Waals surface area contributed by atoms with Crippen LogP contribution in [0.1, 0.15) is 28.4 Å². The lowest BCUT2D eigenvalue weighted by Gasteiger charge is -2.12. The number of aryl methyl sites for hydroxylation is 1. The lowest BCUT2D eigenvalue weighted by molar-refractivity contribution is 0.102. The third-order valence-electron chi connectivity index (χ3n) is 3.37. The lowest BCUT2D eigenvalue weighted by atomic mass is 10.1. The van der Waals surface area contributed by atoms with Gasteiger partial charge in [-0.25, -0.2) is 0 Å². The number of rotatable bonds is 4. The van der Waals surface area contributed by atoms with E-state index in [0.29, 0.717) is 10.6 Å². The number of nitrogens with one attached hydrogen (secondary N) is 2. The summed E-state index contributed by atoms with van der Waals surface area (Å²) in [5, 5.41) is 6.81. The number of halogens is 1. The van der Waals surface area contributed by atoms with Crippen LogP contribution in [0.15, 0.2) is 36.4 Å². The van der Waals surface area contributed by atoms with E-state index in [1.54, 1.807) is 0 Å². The summed E-state index contributed by atoms with van der Waals surface area (Å²) < 4.78 is 0. The van der Waals surface area contributed by atoms with Crippen molar-refractivity contribution < 1.29 is 4.79 Å². The number of hydrogen-bond acceptors (Lipinski definition) is 2. The molecule has 0 aromatic heterocycles. The molecule has 0 saturated heterocycles. The van der Waals surface area contributed by atoms with E-state index in [4.69, 9.17) is 11.6 Å². The molecule has 0 aliphatic carbocycles. The van der Waals surface area contributed by atoms with Gasteiger partial charge in [0.25, 0.3) is 5.91 Å². The summed E-state index contributed by atoms with van der Waals surface area (Å²) in [7, 11) is 0. The van der Waals surface area contributed by atoms with Gasteiger partial charge in [0, 0.05) is 28.5 Å². The van der Waals surface area contributed by atoms with Crippen molar-refractivity contribution in [1.82, 2.24) is 0 Å². The molecule has 21 heavy (non-hydrogen) atoms. The van der Waals surface area contributed by atoms with Crippen molar-refractivity contribution in [1.29, 1.82) is 0 Å². The Kier molecular flexibility index (Phi) is 4.86. The molecule has 1 amide bonds. The van der Waals surface area contributed by atoms with E-state index in [2.05, 4.69) is 10.6 Å². The Morgan fingerprint density at radius 3 is 2.57 bits per heavy atom. The van der Waals surface area contributed by atoms with Crippen LogP contribution < -0.4 is 10.6 Å². The minimum atomic E-state index is -0.133. The first-order chi connectivity index (χ1) is 10.0. The van der Waals surface area contributed by atoms with Crippen molar-refractivity contribution in [2.24, 2.45) is 0 Å². The summed E-state index contributed by atoms with van der Waals surface area (Å²) in [5.41, 5.74) is 4.34. The normalized spacial score (nSPS) is 10.3. The van der Waals surface area contributed by atoms with E-state index in [1.807, 2.05) is 57.2 Å². The highest BCUT2D eigenvalue weighted by atomic mass is 35.5. The molecular weight excluding hydrogens is 284 g/mol. The van der Waals surface area contributed by atoms with E-state index >= 15 is 0 Å². The van der Waals surface area contributed by atoms with Gasteiger partial charge in [-0.2, -0.15) is 0 Å². The number of anilines is 2. The molecule has 2 N–H and O–H groups in total. The molecule has 2 rings (SSSR count). The second-order valence-corrected chi connectivity index (χ2v) is 5.33. The van der Waals surface area contributed by atoms with Crippen molar-refractivity contribution in [3.8, 4) is 0 Å². The van der Waals surface area contributed by atoms with Crippen LogP contribution in [0, 0.1) is 13.8 Å². The number of hydrogen-bond donors (Lipinski definition) is 2. The highest BCUT2D eigenvalue weighted by Crippen LogP contribution is 2.24. The summed E-state index contributed by atoms with van der Waals surface area (Å²) in [6.07, 6.45) is 0. The van der Waals surface area contributed by atoms with Crippen molar-refractivity contribution >= 4 is 28.9 Å². The second kappa shape index (κ2) is 6.64. The van der Waals surface area contributed by atoms with E-state index in [9.17, 15) is 4.79 Å². The molecule has 2 aromatic rings. The topological polar surface area (TPSA) is 41.1 Å². The molecule has 3 nitrogen and oxygen atoms in total. The Hall–Kier alpha value is -2.00. The summed E-state index contributed by atoms with van der Waals surface area (Å²) in [6.45, 7) is 6.77. The van der Waals surface area contributed by atoms with Crippen LogP contribution in [0.3, 0.4) is 0 Å². The molecule has 4 heteroatoms. The Morgan fingerprint density at radius 2 is 1.90 bits per heavy atom. The molecule has 0 aliphatic heterocycles. The third kappa shape index (κ3) is 3.56. The number of carbonyl (C=O) groups excluding carboxylic acids is 1. The fraction of sp³-hybridized carbons (Fsp3) is 0.235. The van der Waals surface area contributed by atoms with Gasteiger partial charge in [0.1, 0.15) is 0 Å². The van der Waals surface area contributed by atoms with Crippen LogP contribution >= 0.6 is 11.6 Å². The average molecular weight is 303 g/mol. The van der Waals surface area contributed by atoms with Gasteiger partial charge in [0.05, 0.1) is 0 Å². The summed E-state index contributed by atoms with van der Waals surface area (Å²) >= 11 is 6.06. The van der Waals surface area contributed by atoms with E-state index in [0.717, 1.165) is 29.0 Å². The van der Waals surface area contributed by atoms with E-state index in [-0.39, 0.29) is 5.91 Å².